The standard InChI is InChI=1S/C19H23NO2/c1-13-8-17(13)18-7-6-16(22-18)11-20-12-19(21)9-14-4-2-3-5-15(14)10-19/h2-7,13,17,20-21H,8-12H2,1H3. The minimum atomic E-state index is -0.663. The molecule has 3 nitrogen and oxygen atoms in total. The smallest absolute Gasteiger partial charge is 0.117 e. The molecule has 0 bridgehead atoms. The summed E-state index contributed by atoms with van der Waals surface area (Å²) in [6.07, 6.45) is 2.72. The number of hydrogen-bond donors (Lipinski definition) is 2. The van der Waals surface area contributed by atoms with E-state index in [0.29, 0.717) is 19.0 Å². The Labute approximate surface area is 131 Å². The van der Waals surface area contributed by atoms with Crippen LogP contribution in [-0.4, -0.2) is 17.3 Å². The lowest BCUT2D eigenvalue weighted by molar-refractivity contribution is 0.0506. The van der Waals surface area contributed by atoms with Crippen LogP contribution in [0.3, 0.4) is 0 Å². The molecule has 1 aromatic carbocycles. The lowest BCUT2D eigenvalue weighted by Crippen LogP contribution is -2.41. The maximum atomic E-state index is 10.7. The van der Waals surface area contributed by atoms with E-state index in [1.54, 1.807) is 0 Å². The summed E-state index contributed by atoms with van der Waals surface area (Å²) in [4.78, 5) is 0. The van der Waals surface area contributed by atoms with Gasteiger partial charge in [-0.25, -0.2) is 0 Å². The van der Waals surface area contributed by atoms with Gasteiger partial charge in [-0.15, -0.1) is 0 Å². The molecule has 1 heterocycles. The Kier molecular flexibility index (Phi) is 3.35. The molecule has 2 aromatic rings. The first-order valence-corrected chi connectivity index (χ1v) is 8.21. The van der Waals surface area contributed by atoms with Crippen molar-refractivity contribution in [2.45, 2.75) is 44.2 Å². The van der Waals surface area contributed by atoms with Gasteiger partial charge >= 0.3 is 0 Å². The molecule has 1 saturated carbocycles. The molecule has 2 aliphatic carbocycles. The summed E-state index contributed by atoms with van der Waals surface area (Å²) in [5, 5.41) is 14.1. The lowest BCUT2D eigenvalue weighted by Gasteiger charge is -2.22. The maximum Gasteiger partial charge on any atom is 0.117 e. The fourth-order valence-corrected chi connectivity index (χ4v) is 3.62. The van der Waals surface area contributed by atoms with Crippen LogP contribution in [0.15, 0.2) is 40.8 Å². The fraction of sp³-hybridized carbons (Fsp3) is 0.474. The van der Waals surface area contributed by atoms with Crippen molar-refractivity contribution in [1.82, 2.24) is 5.32 Å². The van der Waals surface area contributed by atoms with Crippen molar-refractivity contribution in [2.24, 2.45) is 5.92 Å². The Morgan fingerprint density at radius 2 is 1.86 bits per heavy atom. The zero-order valence-corrected chi connectivity index (χ0v) is 13.0. The molecule has 0 saturated heterocycles. The van der Waals surface area contributed by atoms with E-state index in [0.717, 1.165) is 30.3 Å². The van der Waals surface area contributed by atoms with Crippen molar-refractivity contribution < 1.29 is 9.52 Å². The minimum absolute atomic E-state index is 0.595. The zero-order chi connectivity index (χ0) is 15.2. The Balaban J connectivity index is 1.31. The highest BCUT2D eigenvalue weighted by atomic mass is 16.3. The van der Waals surface area contributed by atoms with E-state index in [4.69, 9.17) is 4.42 Å². The SMILES string of the molecule is CC1CC1c1ccc(CNCC2(O)Cc3ccccc3C2)o1. The Bertz CT molecular complexity index is 651. The second-order valence-electron chi connectivity index (χ2n) is 7.07. The predicted molar refractivity (Wildman–Crippen MR) is 85.7 cm³/mol. The molecule has 4 rings (SSSR count). The molecule has 1 aromatic heterocycles. The van der Waals surface area contributed by atoms with Crippen molar-refractivity contribution in [1.29, 1.82) is 0 Å². The summed E-state index contributed by atoms with van der Waals surface area (Å²) in [5.41, 5.74) is 1.88. The largest absolute Gasteiger partial charge is 0.464 e. The molecular formula is C19H23NO2. The summed E-state index contributed by atoms with van der Waals surface area (Å²) in [6, 6.07) is 12.5. The molecule has 0 aliphatic heterocycles. The van der Waals surface area contributed by atoms with Crippen LogP contribution < -0.4 is 5.32 Å². The first-order chi connectivity index (χ1) is 10.6. The van der Waals surface area contributed by atoms with Crippen molar-refractivity contribution in [3.63, 3.8) is 0 Å². The maximum absolute atomic E-state index is 10.7. The molecular weight excluding hydrogens is 274 g/mol. The molecule has 1 fully saturated rings. The van der Waals surface area contributed by atoms with Gasteiger partial charge in [0.2, 0.25) is 0 Å². The second kappa shape index (κ2) is 5.25. The van der Waals surface area contributed by atoms with Gasteiger partial charge in [0.1, 0.15) is 11.5 Å². The number of rotatable bonds is 5. The predicted octanol–water partition coefficient (Wildman–Crippen LogP) is 3.02. The second-order valence-corrected chi connectivity index (χ2v) is 7.07. The van der Waals surface area contributed by atoms with Gasteiger partial charge in [0, 0.05) is 25.3 Å². The summed E-state index contributed by atoms with van der Waals surface area (Å²) in [5.74, 6) is 3.48. The third-order valence-corrected chi connectivity index (χ3v) is 5.07. The number of nitrogens with one attached hydrogen (secondary N) is 1. The quantitative estimate of drug-likeness (QED) is 0.891. The molecule has 2 aliphatic rings. The van der Waals surface area contributed by atoms with Crippen LogP contribution in [0.5, 0.6) is 0 Å². The molecule has 0 amide bonds. The van der Waals surface area contributed by atoms with Crippen molar-refractivity contribution in [3.05, 3.63) is 59.0 Å². The van der Waals surface area contributed by atoms with E-state index in [2.05, 4.69) is 36.5 Å². The highest BCUT2D eigenvalue weighted by Gasteiger charge is 2.37. The minimum Gasteiger partial charge on any atom is -0.464 e. The molecule has 0 spiro atoms. The van der Waals surface area contributed by atoms with Gasteiger partial charge in [0.15, 0.2) is 0 Å². The van der Waals surface area contributed by atoms with Crippen LogP contribution in [0, 0.1) is 5.92 Å². The summed E-state index contributed by atoms with van der Waals surface area (Å²) < 4.78 is 5.89. The van der Waals surface area contributed by atoms with Gasteiger partial charge in [-0.1, -0.05) is 31.2 Å². The third-order valence-electron chi connectivity index (χ3n) is 5.07. The normalized spacial score (nSPS) is 25.2. The van der Waals surface area contributed by atoms with Gasteiger partial charge in [0.05, 0.1) is 12.1 Å². The zero-order valence-electron chi connectivity index (χ0n) is 13.0. The first-order valence-electron chi connectivity index (χ1n) is 8.21. The molecule has 0 radical (unpaired) electrons. The van der Waals surface area contributed by atoms with E-state index in [1.807, 2.05) is 12.1 Å². The number of benzene rings is 1. The van der Waals surface area contributed by atoms with Crippen LogP contribution in [0.1, 0.15) is 41.9 Å². The van der Waals surface area contributed by atoms with Crippen LogP contribution in [0.2, 0.25) is 0 Å². The lowest BCUT2D eigenvalue weighted by atomic mass is 10.0. The molecule has 2 unspecified atom stereocenters. The molecule has 3 heteroatoms. The number of furan rings is 1. The summed E-state index contributed by atoms with van der Waals surface area (Å²) in [6.45, 7) is 3.54. The Morgan fingerprint density at radius 3 is 2.50 bits per heavy atom. The van der Waals surface area contributed by atoms with Gasteiger partial charge in [0.25, 0.3) is 0 Å². The van der Waals surface area contributed by atoms with Gasteiger partial charge in [-0.2, -0.15) is 0 Å². The fourth-order valence-electron chi connectivity index (χ4n) is 3.62. The van der Waals surface area contributed by atoms with Crippen molar-refractivity contribution in [2.75, 3.05) is 6.54 Å². The monoisotopic (exact) mass is 297 g/mol. The van der Waals surface area contributed by atoms with Gasteiger partial charge in [-0.3, -0.25) is 0 Å². The van der Waals surface area contributed by atoms with Crippen LogP contribution in [0.25, 0.3) is 0 Å². The topological polar surface area (TPSA) is 45.4 Å². The van der Waals surface area contributed by atoms with Gasteiger partial charge < -0.3 is 14.8 Å². The van der Waals surface area contributed by atoms with Gasteiger partial charge in [-0.05, 0) is 35.6 Å². The Hall–Kier alpha value is -1.58. The van der Waals surface area contributed by atoms with Crippen molar-refractivity contribution >= 4 is 0 Å². The van der Waals surface area contributed by atoms with E-state index in [-0.39, 0.29) is 0 Å². The third kappa shape index (κ3) is 2.71. The Morgan fingerprint density at radius 1 is 1.18 bits per heavy atom. The summed E-state index contributed by atoms with van der Waals surface area (Å²) >= 11 is 0. The number of aliphatic hydroxyl groups is 1. The molecule has 116 valence electrons. The van der Waals surface area contributed by atoms with Crippen LogP contribution in [-0.2, 0) is 19.4 Å². The van der Waals surface area contributed by atoms with E-state index >= 15 is 0 Å². The van der Waals surface area contributed by atoms with E-state index in [9.17, 15) is 5.11 Å². The van der Waals surface area contributed by atoms with Crippen LogP contribution >= 0.6 is 0 Å². The van der Waals surface area contributed by atoms with E-state index < -0.39 is 5.60 Å². The highest BCUT2D eigenvalue weighted by molar-refractivity contribution is 5.35. The summed E-state index contributed by atoms with van der Waals surface area (Å²) in [7, 11) is 0. The molecule has 22 heavy (non-hydrogen) atoms. The van der Waals surface area contributed by atoms with Crippen molar-refractivity contribution in [3.8, 4) is 0 Å². The van der Waals surface area contributed by atoms with Crippen LogP contribution in [0.4, 0.5) is 0 Å². The highest BCUT2D eigenvalue weighted by Crippen LogP contribution is 2.47. The number of hydrogen-bond acceptors (Lipinski definition) is 3. The van der Waals surface area contributed by atoms with E-state index in [1.165, 1.54) is 17.5 Å². The molecule has 2 N–H and O–H groups in total. The first kappa shape index (κ1) is 14.0. The average molecular weight is 297 g/mol. The average Bonchev–Trinajstić information content (AvgIpc) is 2.92. The number of fused-ring (bicyclic) bond motifs is 1. The molecule has 2 atom stereocenters.